The lowest BCUT2D eigenvalue weighted by atomic mass is 10.2. The van der Waals surface area contributed by atoms with Crippen LogP contribution in [-0.2, 0) is 12.2 Å². The molecule has 1 aliphatic rings. The van der Waals surface area contributed by atoms with Crippen molar-refractivity contribution in [3.8, 4) is 10.7 Å². The average molecular weight is 317 g/mol. The minimum atomic E-state index is -0.973. The first kappa shape index (κ1) is 12.8. The fourth-order valence-electron chi connectivity index (χ4n) is 2.47. The third kappa shape index (κ3) is 2.13. The molecule has 21 heavy (non-hydrogen) atoms. The second kappa shape index (κ2) is 4.85. The number of fused-ring (bicyclic) bond motifs is 2. The molecule has 4 rings (SSSR count). The van der Waals surface area contributed by atoms with E-state index in [-0.39, 0.29) is 5.56 Å². The summed E-state index contributed by atoms with van der Waals surface area (Å²) in [6.45, 7) is 0. The highest BCUT2D eigenvalue weighted by atomic mass is 32.2. The van der Waals surface area contributed by atoms with Crippen LogP contribution in [0.1, 0.15) is 20.8 Å². The summed E-state index contributed by atoms with van der Waals surface area (Å²) in [6, 6.07) is 3.65. The molecule has 0 saturated heterocycles. The van der Waals surface area contributed by atoms with E-state index in [0.29, 0.717) is 17.0 Å². The summed E-state index contributed by atoms with van der Waals surface area (Å²) in [5.74, 6) is 1.94. The summed E-state index contributed by atoms with van der Waals surface area (Å²) >= 11 is 3.68. The van der Waals surface area contributed by atoms with Crippen LogP contribution >= 0.6 is 23.1 Å². The summed E-state index contributed by atoms with van der Waals surface area (Å²) in [4.78, 5) is 25.4. The monoisotopic (exact) mass is 317 g/mol. The second-order valence-corrected chi connectivity index (χ2v) is 7.05. The van der Waals surface area contributed by atoms with Gasteiger partial charge in [-0.2, -0.15) is 11.8 Å². The molecule has 1 aliphatic heterocycles. The first-order chi connectivity index (χ1) is 10.2. The molecular weight excluding hydrogens is 306 g/mol. The van der Waals surface area contributed by atoms with E-state index in [2.05, 4.69) is 21.0 Å². The molecule has 0 atom stereocenters. The quantitative estimate of drug-likeness (QED) is 0.759. The molecule has 0 unspecified atom stereocenters. The molecule has 5 nitrogen and oxygen atoms in total. The number of pyridine rings is 1. The van der Waals surface area contributed by atoms with Gasteiger partial charge in [0, 0.05) is 16.8 Å². The number of H-pyrrole nitrogens is 1. The molecule has 0 bridgehead atoms. The van der Waals surface area contributed by atoms with Gasteiger partial charge in [-0.1, -0.05) is 0 Å². The number of hydrogen-bond donors (Lipinski definition) is 2. The highest BCUT2D eigenvalue weighted by Gasteiger charge is 2.18. The van der Waals surface area contributed by atoms with Crippen molar-refractivity contribution in [3.63, 3.8) is 0 Å². The van der Waals surface area contributed by atoms with E-state index in [4.69, 9.17) is 0 Å². The SMILES string of the molecule is O=C(O)c1ccnc2nc(-c3cc4c(s3)CCSC4)[nH]c12. The zero-order valence-corrected chi connectivity index (χ0v) is 12.6. The van der Waals surface area contributed by atoms with Gasteiger partial charge in [-0.05, 0) is 29.9 Å². The number of aryl methyl sites for hydroxylation is 1. The van der Waals surface area contributed by atoms with Crippen molar-refractivity contribution in [2.45, 2.75) is 12.2 Å². The molecule has 3 aromatic heterocycles. The van der Waals surface area contributed by atoms with Gasteiger partial charge in [0.25, 0.3) is 0 Å². The summed E-state index contributed by atoms with van der Waals surface area (Å²) < 4.78 is 0. The third-order valence-corrected chi connectivity index (χ3v) is 5.74. The van der Waals surface area contributed by atoms with Gasteiger partial charge in [0.15, 0.2) is 11.5 Å². The Morgan fingerprint density at radius 2 is 2.33 bits per heavy atom. The maximum absolute atomic E-state index is 11.2. The van der Waals surface area contributed by atoms with Crippen LogP contribution < -0.4 is 0 Å². The van der Waals surface area contributed by atoms with Crippen molar-refractivity contribution in [2.75, 3.05) is 5.75 Å². The Bertz CT molecular complexity index is 830. The number of nitrogens with one attached hydrogen (secondary N) is 1. The normalized spacial score (nSPS) is 14.3. The maximum atomic E-state index is 11.2. The molecular formula is C14H11N3O2S2. The van der Waals surface area contributed by atoms with Gasteiger partial charge in [0.05, 0.1) is 16.0 Å². The van der Waals surface area contributed by atoms with Crippen LogP contribution in [0.4, 0.5) is 0 Å². The van der Waals surface area contributed by atoms with Gasteiger partial charge in [-0.15, -0.1) is 11.3 Å². The van der Waals surface area contributed by atoms with Crippen molar-refractivity contribution < 1.29 is 9.90 Å². The number of hydrogen-bond acceptors (Lipinski definition) is 5. The molecule has 0 saturated carbocycles. The zero-order chi connectivity index (χ0) is 14.4. The Kier molecular flexibility index (Phi) is 2.97. The van der Waals surface area contributed by atoms with Crippen molar-refractivity contribution in [2.24, 2.45) is 0 Å². The van der Waals surface area contributed by atoms with Crippen molar-refractivity contribution >= 4 is 40.2 Å². The van der Waals surface area contributed by atoms with Crippen LogP contribution in [0.3, 0.4) is 0 Å². The summed E-state index contributed by atoms with van der Waals surface area (Å²) in [5.41, 5.74) is 2.51. The van der Waals surface area contributed by atoms with Crippen LogP contribution in [-0.4, -0.2) is 31.8 Å². The zero-order valence-electron chi connectivity index (χ0n) is 10.9. The van der Waals surface area contributed by atoms with Crippen LogP contribution in [0.5, 0.6) is 0 Å². The number of carbonyl (C=O) groups is 1. The van der Waals surface area contributed by atoms with Crippen molar-refractivity contribution in [1.82, 2.24) is 15.0 Å². The maximum Gasteiger partial charge on any atom is 0.338 e. The van der Waals surface area contributed by atoms with Crippen molar-refractivity contribution in [1.29, 1.82) is 0 Å². The lowest BCUT2D eigenvalue weighted by molar-refractivity contribution is 0.0699. The summed E-state index contributed by atoms with van der Waals surface area (Å²) in [7, 11) is 0. The fraction of sp³-hybridized carbons (Fsp3) is 0.214. The smallest absolute Gasteiger partial charge is 0.338 e. The molecule has 106 valence electrons. The Morgan fingerprint density at radius 1 is 1.43 bits per heavy atom. The first-order valence-electron chi connectivity index (χ1n) is 6.50. The lowest BCUT2D eigenvalue weighted by Crippen LogP contribution is -1.97. The Hall–Kier alpha value is -1.86. The molecule has 4 heterocycles. The van der Waals surface area contributed by atoms with Gasteiger partial charge >= 0.3 is 5.97 Å². The van der Waals surface area contributed by atoms with Crippen LogP contribution in [0.25, 0.3) is 21.9 Å². The third-order valence-electron chi connectivity index (χ3n) is 3.48. The number of rotatable bonds is 2. The predicted molar refractivity (Wildman–Crippen MR) is 84.0 cm³/mol. The minimum absolute atomic E-state index is 0.204. The molecule has 0 spiro atoms. The molecule has 0 radical (unpaired) electrons. The largest absolute Gasteiger partial charge is 0.478 e. The number of imidazole rings is 1. The lowest BCUT2D eigenvalue weighted by Gasteiger charge is -2.08. The van der Waals surface area contributed by atoms with E-state index >= 15 is 0 Å². The number of nitrogens with zero attached hydrogens (tertiary/aromatic N) is 2. The van der Waals surface area contributed by atoms with Crippen molar-refractivity contribution in [3.05, 3.63) is 34.3 Å². The molecule has 2 N–H and O–H groups in total. The van der Waals surface area contributed by atoms with E-state index in [9.17, 15) is 9.90 Å². The standard InChI is InChI=1S/C14H11N3O2S2/c18-14(19)8-1-3-15-13-11(8)16-12(17-13)10-5-7-6-20-4-2-9(7)21-10/h1,3,5H,2,4,6H2,(H,18,19)(H,15,16,17). The number of aromatic carboxylic acids is 1. The number of aromatic amines is 1. The van der Waals surface area contributed by atoms with Crippen LogP contribution in [0.15, 0.2) is 18.3 Å². The Morgan fingerprint density at radius 3 is 3.14 bits per heavy atom. The van der Waals surface area contributed by atoms with Gasteiger partial charge in [0.2, 0.25) is 0 Å². The second-order valence-electron chi connectivity index (χ2n) is 4.81. The predicted octanol–water partition coefficient (Wildman–Crippen LogP) is 3.17. The molecule has 0 aliphatic carbocycles. The van der Waals surface area contributed by atoms with E-state index in [0.717, 1.165) is 22.8 Å². The number of carboxylic acids is 1. The Balaban J connectivity index is 1.85. The summed E-state index contributed by atoms with van der Waals surface area (Å²) in [6.07, 6.45) is 2.58. The Labute approximate surface area is 128 Å². The van der Waals surface area contributed by atoms with E-state index in [1.807, 2.05) is 11.8 Å². The van der Waals surface area contributed by atoms with Crippen LogP contribution in [0.2, 0.25) is 0 Å². The molecule has 0 fully saturated rings. The molecule has 0 amide bonds. The summed E-state index contributed by atoms with van der Waals surface area (Å²) in [5, 5.41) is 9.22. The van der Waals surface area contributed by atoms with Gasteiger partial charge in [-0.25, -0.2) is 14.8 Å². The first-order valence-corrected chi connectivity index (χ1v) is 8.47. The van der Waals surface area contributed by atoms with Crippen LogP contribution in [0, 0.1) is 0 Å². The molecule has 0 aromatic carbocycles. The van der Waals surface area contributed by atoms with E-state index in [1.54, 1.807) is 11.3 Å². The number of aromatic nitrogens is 3. The average Bonchev–Trinajstić information content (AvgIpc) is 3.09. The van der Waals surface area contributed by atoms with E-state index in [1.165, 1.54) is 22.7 Å². The molecule has 3 aromatic rings. The minimum Gasteiger partial charge on any atom is -0.478 e. The topological polar surface area (TPSA) is 78.9 Å². The highest BCUT2D eigenvalue weighted by molar-refractivity contribution is 7.98. The van der Waals surface area contributed by atoms with Gasteiger partial charge in [-0.3, -0.25) is 0 Å². The number of thioether (sulfide) groups is 1. The van der Waals surface area contributed by atoms with Gasteiger partial charge in [0.1, 0.15) is 0 Å². The number of carboxylic acid groups (broad SMARTS) is 1. The molecule has 7 heteroatoms. The van der Waals surface area contributed by atoms with E-state index < -0.39 is 5.97 Å². The fourth-order valence-corrected chi connectivity index (χ4v) is 4.79. The number of thiophene rings is 1. The van der Waals surface area contributed by atoms with Gasteiger partial charge < -0.3 is 10.1 Å². The highest BCUT2D eigenvalue weighted by Crippen LogP contribution is 2.36.